The van der Waals surface area contributed by atoms with E-state index >= 15 is 0 Å². The maximum absolute atomic E-state index is 5.55. The quantitative estimate of drug-likeness (QED) is 0.499. The van der Waals surface area contributed by atoms with Crippen molar-refractivity contribution in [1.29, 1.82) is 0 Å². The topological polar surface area (TPSA) is 73.1 Å². The fourth-order valence-corrected chi connectivity index (χ4v) is 3.35. The van der Waals surface area contributed by atoms with E-state index in [-0.39, 0.29) is 0 Å². The van der Waals surface area contributed by atoms with Crippen molar-refractivity contribution in [2.24, 2.45) is 12.0 Å². The van der Waals surface area contributed by atoms with Crippen LogP contribution in [0, 0.1) is 0 Å². The van der Waals surface area contributed by atoms with Gasteiger partial charge in [0.2, 0.25) is 0 Å². The Bertz CT molecular complexity index is 835. The summed E-state index contributed by atoms with van der Waals surface area (Å²) in [6.07, 6.45) is 2.07. The number of hydrogen-bond donors (Lipinski definition) is 1. The first-order chi connectivity index (χ1) is 14.3. The average Bonchev–Trinajstić information content (AvgIpc) is 3.10. The lowest BCUT2D eigenvalue weighted by molar-refractivity contribution is 0.368. The van der Waals surface area contributed by atoms with Gasteiger partial charge < -0.3 is 24.4 Å². The Kier molecular flexibility index (Phi) is 8.38. The van der Waals surface area contributed by atoms with Gasteiger partial charge in [-0.2, -0.15) is 5.10 Å². The molecule has 1 aromatic heterocycles. The zero-order valence-electron chi connectivity index (χ0n) is 19.4. The highest BCUT2D eigenvalue weighted by Crippen LogP contribution is 2.34. The summed E-state index contributed by atoms with van der Waals surface area (Å²) >= 11 is 0. The molecule has 0 spiro atoms. The van der Waals surface area contributed by atoms with Crippen molar-refractivity contribution in [3.63, 3.8) is 0 Å². The first kappa shape index (κ1) is 23.4. The number of aromatic nitrogens is 2. The average molecular weight is 418 g/mol. The molecule has 0 aliphatic carbocycles. The van der Waals surface area contributed by atoms with Crippen molar-refractivity contribution in [3.8, 4) is 17.2 Å². The summed E-state index contributed by atoms with van der Waals surface area (Å²) in [5.41, 5.74) is 3.17. The van der Waals surface area contributed by atoms with Gasteiger partial charge >= 0.3 is 0 Å². The minimum atomic E-state index is 0.363. The number of rotatable bonds is 9. The van der Waals surface area contributed by atoms with Gasteiger partial charge in [-0.1, -0.05) is 13.8 Å². The number of aliphatic imine (C=N–C) groups is 1. The van der Waals surface area contributed by atoms with Crippen LogP contribution in [0.3, 0.4) is 0 Å². The largest absolute Gasteiger partial charge is 0.496 e. The Morgan fingerprint density at radius 1 is 1.17 bits per heavy atom. The van der Waals surface area contributed by atoms with Crippen LogP contribution in [-0.4, -0.2) is 55.6 Å². The number of nitrogens with one attached hydrogen (secondary N) is 1. The molecular formula is C22H35N5O3. The molecule has 1 aromatic carbocycles. The van der Waals surface area contributed by atoms with E-state index in [4.69, 9.17) is 19.2 Å². The van der Waals surface area contributed by atoms with Crippen LogP contribution in [0.5, 0.6) is 17.2 Å². The third kappa shape index (κ3) is 5.58. The number of aryl methyl sites for hydroxylation is 1. The van der Waals surface area contributed by atoms with Crippen LogP contribution in [0.1, 0.15) is 43.5 Å². The van der Waals surface area contributed by atoms with Gasteiger partial charge in [-0.15, -0.1) is 0 Å². The van der Waals surface area contributed by atoms with Crippen molar-refractivity contribution < 1.29 is 14.2 Å². The maximum atomic E-state index is 5.55. The molecule has 2 rings (SSSR count). The summed E-state index contributed by atoms with van der Waals surface area (Å²) in [7, 11) is 8.87. The lowest BCUT2D eigenvalue weighted by Gasteiger charge is -2.23. The van der Waals surface area contributed by atoms with Crippen molar-refractivity contribution in [3.05, 3.63) is 35.2 Å². The maximum Gasteiger partial charge on any atom is 0.194 e. The SMILES string of the molecule is CCNC(=NCc1c(OC)cc(OC)cc1OC)N(C)Cc1cn(C)nc1C(C)C. The summed E-state index contributed by atoms with van der Waals surface area (Å²) in [5.74, 6) is 3.21. The van der Waals surface area contributed by atoms with Gasteiger partial charge in [-0.3, -0.25) is 4.68 Å². The Morgan fingerprint density at radius 2 is 1.80 bits per heavy atom. The van der Waals surface area contributed by atoms with Crippen molar-refractivity contribution in [2.75, 3.05) is 34.9 Å². The number of ether oxygens (including phenoxy) is 3. The van der Waals surface area contributed by atoms with Gasteiger partial charge in [-0.05, 0) is 12.8 Å². The molecule has 8 heteroatoms. The van der Waals surface area contributed by atoms with E-state index in [1.54, 1.807) is 21.3 Å². The van der Waals surface area contributed by atoms with Gasteiger partial charge in [0.05, 0.1) is 39.1 Å². The Hall–Kier alpha value is -2.90. The summed E-state index contributed by atoms with van der Waals surface area (Å²) in [5, 5.41) is 7.98. The molecule has 0 aliphatic rings. The van der Waals surface area contributed by atoms with Gasteiger partial charge in [0.25, 0.3) is 0 Å². The third-order valence-electron chi connectivity index (χ3n) is 4.79. The molecule has 0 atom stereocenters. The van der Waals surface area contributed by atoms with Crippen LogP contribution in [0.4, 0.5) is 0 Å². The van der Waals surface area contributed by atoms with Crippen LogP contribution in [-0.2, 0) is 20.1 Å². The van der Waals surface area contributed by atoms with E-state index in [0.717, 1.165) is 23.8 Å². The molecule has 1 heterocycles. The van der Waals surface area contributed by atoms with Gasteiger partial charge in [0, 0.05) is 51.1 Å². The summed E-state index contributed by atoms with van der Waals surface area (Å²) in [6.45, 7) is 8.27. The Morgan fingerprint density at radius 3 is 2.30 bits per heavy atom. The molecular weight excluding hydrogens is 382 g/mol. The van der Waals surface area contributed by atoms with Gasteiger partial charge in [-0.25, -0.2) is 4.99 Å². The lowest BCUT2D eigenvalue weighted by atomic mass is 10.1. The van der Waals surface area contributed by atoms with Crippen LogP contribution in [0.25, 0.3) is 0 Å². The second kappa shape index (κ2) is 10.8. The number of nitrogens with zero attached hydrogens (tertiary/aromatic N) is 4. The smallest absolute Gasteiger partial charge is 0.194 e. The van der Waals surface area contributed by atoms with E-state index in [2.05, 4.69) is 42.3 Å². The number of methoxy groups -OCH3 is 3. The molecule has 0 unspecified atom stereocenters. The molecule has 0 bridgehead atoms. The molecule has 8 nitrogen and oxygen atoms in total. The molecule has 30 heavy (non-hydrogen) atoms. The highest BCUT2D eigenvalue weighted by molar-refractivity contribution is 5.79. The monoisotopic (exact) mass is 417 g/mol. The normalized spacial score (nSPS) is 11.6. The highest BCUT2D eigenvalue weighted by atomic mass is 16.5. The van der Waals surface area contributed by atoms with Crippen molar-refractivity contribution >= 4 is 5.96 Å². The molecule has 1 N–H and O–H groups in total. The van der Waals surface area contributed by atoms with E-state index in [9.17, 15) is 0 Å². The number of benzene rings is 1. The number of guanidine groups is 1. The molecule has 0 saturated heterocycles. The van der Waals surface area contributed by atoms with E-state index < -0.39 is 0 Å². The number of hydrogen-bond acceptors (Lipinski definition) is 5. The highest BCUT2D eigenvalue weighted by Gasteiger charge is 2.17. The lowest BCUT2D eigenvalue weighted by Crippen LogP contribution is -2.38. The molecule has 0 radical (unpaired) electrons. The van der Waals surface area contributed by atoms with Crippen LogP contribution in [0.15, 0.2) is 23.3 Å². The standard InChI is InChI=1S/C22H35N5O3/c1-9-23-22(26(4)13-16-14-27(5)25-21(16)15(2)3)24-12-18-19(29-7)10-17(28-6)11-20(18)30-8/h10-11,14-15H,9,12-13H2,1-8H3,(H,23,24). The first-order valence-corrected chi connectivity index (χ1v) is 10.1. The second-order valence-corrected chi connectivity index (χ2v) is 7.40. The Labute approximate surface area is 179 Å². The van der Waals surface area contributed by atoms with E-state index in [1.165, 1.54) is 5.56 Å². The summed E-state index contributed by atoms with van der Waals surface area (Å²) in [4.78, 5) is 6.94. The molecule has 0 aliphatic heterocycles. The summed E-state index contributed by atoms with van der Waals surface area (Å²) in [6, 6.07) is 3.68. The minimum Gasteiger partial charge on any atom is -0.496 e. The van der Waals surface area contributed by atoms with Crippen LogP contribution in [0.2, 0.25) is 0 Å². The minimum absolute atomic E-state index is 0.363. The second-order valence-electron chi connectivity index (χ2n) is 7.40. The van der Waals surface area contributed by atoms with Crippen molar-refractivity contribution in [2.45, 2.75) is 39.8 Å². The van der Waals surface area contributed by atoms with Crippen LogP contribution >= 0.6 is 0 Å². The van der Waals surface area contributed by atoms with E-state index in [1.807, 2.05) is 30.9 Å². The van der Waals surface area contributed by atoms with Gasteiger partial charge in [0.15, 0.2) is 5.96 Å². The Balaban J connectivity index is 2.30. The zero-order valence-corrected chi connectivity index (χ0v) is 19.4. The summed E-state index contributed by atoms with van der Waals surface area (Å²) < 4.78 is 18.3. The van der Waals surface area contributed by atoms with Crippen LogP contribution < -0.4 is 19.5 Å². The molecule has 2 aromatic rings. The van der Waals surface area contributed by atoms with Gasteiger partial charge in [0.1, 0.15) is 17.2 Å². The fraction of sp³-hybridized carbons (Fsp3) is 0.545. The third-order valence-corrected chi connectivity index (χ3v) is 4.79. The first-order valence-electron chi connectivity index (χ1n) is 10.1. The molecule has 0 amide bonds. The predicted octanol–water partition coefficient (Wildman–Crippen LogP) is 3.17. The predicted molar refractivity (Wildman–Crippen MR) is 120 cm³/mol. The van der Waals surface area contributed by atoms with Crippen molar-refractivity contribution in [1.82, 2.24) is 20.0 Å². The molecule has 166 valence electrons. The van der Waals surface area contributed by atoms with E-state index in [0.29, 0.717) is 36.3 Å². The molecule has 0 fully saturated rings. The molecule has 0 saturated carbocycles. The fourth-order valence-electron chi connectivity index (χ4n) is 3.35. The zero-order chi connectivity index (χ0) is 22.3.